The van der Waals surface area contributed by atoms with Gasteiger partial charge >= 0.3 is 0 Å². The third-order valence-electron chi connectivity index (χ3n) is 0.588. The van der Waals surface area contributed by atoms with E-state index in [1.54, 1.807) is 6.20 Å². The molecule has 44 valence electrons. The van der Waals surface area contributed by atoms with Crippen LogP contribution in [0.15, 0.2) is 17.3 Å². The van der Waals surface area contributed by atoms with Crippen LogP contribution >= 0.6 is 0 Å². The Bertz CT molecular complexity index is 103. The smallest absolute Gasteiger partial charge is 0.0443 e. The molecule has 1 N–H and O–H groups in total. The maximum absolute atomic E-state index is 6.53. The SMILES string of the molecule is CC/C=C\N=CC=N. The predicted molar refractivity (Wildman–Crippen MR) is 36.7 cm³/mol. The van der Waals surface area contributed by atoms with Crippen LogP contribution < -0.4 is 0 Å². The Hall–Kier alpha value is -0.920. The highest BCUT2D eigenvalue weighted by atomic mass is 14.7. The summed E-state index contributed by atoms with van der Waals surface area (Å²) >= 11 is 0. The molecule has 0 saturated carbocycles. The maximum Gasteiger partial charge on any atom is 0.0443 e. The Kier molecular flexibility index (Phi) is 5.38. The molecule has 0 unspecified atom stereocenters. The van der Waals surface area contributed by atoms with Crippen LogP contribution in [0.25, 0.3) is 0 Å². The minimum absolute atomic E-state index is 0.995. The molecule has 2 nitrogen and oxygen atoms in total. The normalized spacial score (nSPS) is 11.1. The van der Waals surface area contributed by atoms with E-state index in [0.29, 0.717) is 0 Å². The summed E-state index contributed by atoms with van der Waals surface area (Å²) in [5.41, 5.74) is 0. The molecule has 2 heteroatoms. The van der Waals surface area contributed by atoms with Crippen molar-refractivity contribution in [1.29, 1.82) is 5.41 Å². The van der Waals surface area contributed by atoms with Crippen molar-refractivity contribution >= 4 is 12.4 Å². The van der Waals surface area contributed by atoms with Crippen molar-refractivity contribution in [2.24, 2.45) is 4.99 Å². The molecule has 0 heterocycles. The molecule has 0 aromatic heterocycles. The zero-order valence-electron chi connectivity index (χ0n) is 4.96. The van der Waals surface area contributed by atoms with E-state index >= 15 is 0 Å². The summed E-state index contributed by atoms with van der Waals surface area (Å²) < 4.78 is 0. The van der Waals surface area contributed by atoms with Crippen LogP contribution in [-0.4, -0.2) is 12.4 Å². The summed E-state index contributed by atoms with van der Waals surface area (Å²) in [5.74, 6) is 0. The Balaban J connectivity index is 3.26. The second-order valence-corrected chi connectivity index (χ2v) is 1.26. The first-order chi connectivity index (χ1) is 3.91. The first kappa shape index (κ1) is 7.08. The van der Waals surface area contributed by atoms with Crippen LogP contribution in [-0.2, 0) is 0 Å². The summed E-state index contributed by atoms with van der Waals surface area (Å²) in [6, 6.07) is 0. The lowest BCUT2D eigenvalue weighted by Crippen LogP contribution is -1.66. The molecule has 0 atom stereocenters. The molecule has 0 spiro atoms. The van der Waals surface area contributed by atoms with Crippen molar-refractivity contribution in [2.45, 2.75) is 13.3 Å². The Morgan fingerprint density at radius 1 is 1.62 bits per heavy atom. The minimum atomic E-state index is 0.995. The molecule has 0 amide bonds. The van der Waals surface area contributed by atoms with Crippen molar-refractivity contribution in [3.63, 3.8) is 0 Å². The average molecular weight is 110 g/mol. The van der Waals surface area contributed by atoms with Crippen LogP contribution in [0.2, 0.25) is 0 Å². The summed E-state index contributed by atoms with van der Waals surface area (Å²) in [7, 11) is 0. The highest BCUT2D eigenvalue weighted by molar-refractivity contribution is 6.14. The molecule has 8 heavy (non-hydrogen) atoms. The highest BCUT2D eigenvalue weighted by Gasteiger charge is 1.59. The number of aliphatic imine (C=N–C) groups is 1. The van der Waals surface area contributed by atoms with E-state index in [0.717, 1.165) is 12.6 Å². The van der Waals surface area contributed by atoms with Gasteiger partial charge in [0.25, 0.3) is 0 Å². The number of rotatable bonds is 3. The summed E-state index contributed by atoms with van der Waals surface area (Å²) in [4.78, 5) is 3.73. The Morgan fingerprint density at radius 2 is 2.38 bits per heavy atom. The van der Waals surface area contributed by atoms with Crippen molar-refractivity contribution in [2.75, 3.05) is 0 Å². The van der Waals surface area contributed by atoms with Gasteiger partial charge in [-0.15, -0.1) is 0 Å². The monoisotopic (exact) mass is 110 g/mol. The highest BCUT2D eigenvalue weighted by Crippen LogP contribution is 1.77. The van der Waals surface area contributed by atoms with Gasteiger partial charge in [-0.25, -0.2) is 0 Å². The fourth-order valence-electron chi connectivity index (χ4n) is 0.259. The molecule has 0 aliphatic heterocycles. The Morgan fingerprint density at radius 3 is 2.88 bits per heavy atom. The standard InChI is InChI=1S/C6H10N2/c1-2-3-5-8-6-4-7/h3-7H,2H2,1H3/b5-3-,7-4?,8-6?. The van der Waals surface area contributed by atoms with E-state index in [9.17, 15) is 0 Å². The van der Waals surface area contributed by atoms with Crippen molar-refractivity contribution in [1.82, 2.24) is 0 Å². The number of nitrogens with zero attached hydrogens (tertiary/aromatic N) is 1. The second-order valence-electron chi connectivity index (χ2n) is 1.26. The molecule has 0 fully saturated rings. The van der Waals surface area contributed by atoms with E-state index in [-0.39, 0.29) is 0 Å². The third kappa shape index (κ3) is 5.08. The average Bonchev–Trinajstić information content (AvgIpc) is 1.81. The molecule has 0 aliphatic carbocycles. The van der Waals surface area contributed by atoms with Gasteiger partial charge in [-0.3, -0.25) is 4.99 Å². The lowest BCUT2D eigenvalue weighted by molar-refractivity contribution is 1.21. The summed E-state index contributed by atoms with van der Waals surface area (Å²) in [5, 5.41) is 6.53. The first-order valence-corrected chi connectivity index (χ1v) is 2.59. The fraction of sp³-hybridized carbons (Fsp3) is 0.333. The zero-order valence-corrected chi connectivity index (χ0v) is 4.96. The Labute approximate surface area is 49.5 Å². The van der Waals surface area contributed by atoms with E-state index in [2.05, 4.69) is 4.99 Å². The molecular formula is C6H10N2. The van der Waals surface area contributed by atoms with Gasteiger partial charge in [-0.2, -0.15) is 0 Å². The van der Waals surface area contributed by atoms with Crippen LogP contribution in [0.1, 0.15) is 13.3 Å². The molecule has 0 aromatic carbocycles. The van der Waals surface area contributed by atoms with Gasteiger partial charge in [0.1, 0.15) is 0 Å². The van der Waals surface area contributed by atoms with Crippen LogP contribution in [0, 0.1) is 5.41 Å². The largest absolute Gasteiger partial charge is 0.307 e. The zero-order chi connectivity index (χ0) is 6.24. The molecule has 0 saturated heterocycles. The van der Waals surface area contributed by atoms with Crippen LogP contribution in [0.3, 0.4) is 0 Å². The topological polar surface area (TPSA) is 36.2 Å². The molecule has 0 radical (unpaired) electrons. The number of hydrogen-bond donors (Lipinski definition) is 1. The van der Waals surface area contributed by atoms with Crippen molar-refractivity contribution in [3.8, 4) is 0 Å². The molecular weight excluding hydrogens is 100 g/mol. The molecule has 0 bridgehead atoms. The molecule has 0 aromatic rings. The predicted octanol–water partition coefficient (Wildman–Crippen LogP) is 1.63. The van der Waals surface area contributed by atoms with Crippen LogP contribution in [0.4, 0.5) is 0 Å². The minimum Gasteiger partial charge on any atom is -0.307 e. The quantitative estimate of drug-likeness (QED) is 0.536. The van der Waals surface area contributed by atoms with E-state index in [1.807, 2.05) is 13.0 Å². The number of nitrogens with one attached hydrogen (secondary N) is 1. The fourth-order valence-corrected chi connectivity index (χ4v) is 0.259. The van der Waals surface area contributed by atoms with E-state index < -0.39 is 0 Å². The van der Waals surface area contributed by atoms with Gasteiger partial charge in [0.2, 0.25) is 0 Å². The lowest BCUT2D eigenvalue weighted by Gasteiger charge is -1.71. The summed E-state index contributed by atoms with van der Waals surface area (Å²) in [6.45, 7) is 2.04. The van der Waals surface area contributed by atoms with E-state index in [1.165, 1.54) is 6.21 Å². The van der Waals surface area contributed by atoms with Gasteiger partial charge < -0.3 is 5.41 Å². The molecule has 0 rings (SSSR count). The third-order valence-corrected chi connectivity index (χ3v) is 0.588. The van der Waals surface area contributed by atoms with Gasteiger partial charge in [-0.05, 0) is 6.42 Å². The van der Waals surface area contributed by atoms with Crippen LogP contribution in [0.5, 0.6) is 0 Å². The number of allylic oxidation sites excluding steroid dienone is 1. The number of hydrogen-bond acceptors (Lipinski definition) is 2. The van der Waals surface area contributed by atoms with Crippen molar-refractivity contribution in [3.05, 3.63) is 12.3 Å². The lowest BCUT2D eigenvalue weighted by atomic mass is 10.5. The van der Waals surface area contributed by atoms with Crippen molar-refractivity contribution < 1.29 is 0 Å². The van der Waals surface area contributed by atoms with Gasteiger partial charge in [0.05, 0.1) is 0 Å². The van der Waals surface area contributed by atoms with E-state index in [4.69, 9.17) is 5.41 Å². The molecule has 0 aliphatic rings. The second kappa shape index (κ2) is 6.08. The summed E-state index contributed by atoms with van der Waals surface area (Å²) in [6.07, 6.45) is 7.20. The maximum atomic E-state index is 6.53. The van der Waals surface area contributed by atoms with Gasteiger partial charge in [0.15, 0.2) is 0 Å². The first-order valence-electron chi connectivity index (χ1n) is 2.59. The van der Waals surface area contributed by atoms with Gasteiger partial charge in [-0.1, -0.05) is 13.0 Å². The van der Waals surface area contributed by atoms with Gasteiger partial charge in [0, 0.05) is 18.6 Å².